The average Bonchev–Trinajstić information content (AvgIpc) is 3.21. The van der Waals surface area contributed by atoms with Gasteiger partial charge in [-0.05, 0) is 63.0 Å². The van der Waals surface area contributed by atoms with Crippen molar-refractivity contribution in [1.29, 1.82) is 0 Å². The minimum atomic E-state index is -3.79. The maximum absolute atomic E-state index is 12.8. The quantitative estimate of drug-likeness (QED) is 0.669. The maximum Gasteiger partial charge on any atom is 0.333 e. The van der Waals surface area contributed by atoms with Crippen molar-refractivity contribution in [3.05, 3.63) is 41.6 Å². The van der Waals surface area contributed by atoms with E-state index in [9.17, 15) is 18.3 Å². The first-order valence-corrected chi connectivity index (χ1v) is 10.9. The van der Waals surface area contributed by atoms with Gasteiger partial charge in [0.15, 0.2) is 0 Å². The highest BCUT2D eigenvalue weighted by Crippen LogP contribution is 2.58. The number of unbranched alkanes of at least 4 members (excludes halogenated alkanes) is 1. The number of aliphatic carboxylic acids is 1. The smallest absolute Gasteiger partial charge is 0.333 e. The Balaban J connectivity index is 2.02. The zero-order valence-corrected chi connectivity index (χ0v) is 16.0. The van der Waals surface area contributed by atoms with Gasteiger partial charge in [0, 0.05) is 11.1 Å². The summed E-state index contributed by atoms with van der Waals surface area (Å²) in [5.41, 5.74) is 0.329. The molecule has 0 heterocycles. The van der Waals surface area contributed by atoms with Crippen LogP contribution in [0.3, 0.4) is 0 Å². The second kappa shape index (κ2) is 7.43. The van der Waals surface area contributed by atoms with E-state index in [0.717, 1.165) is 44.9 Å². The minimum absolute atomic E-state index is 0.159. The summed E-state index contributed by atoms with van der Waals surface area (Å²) < 4.78 is 28.3. The van der Waals surface area contributed by atoms with Gasteiger partial charge in [0.25, 0.3) is 10.0 Å². The number of sulfonamides is 1. The van der Waals surface area contributed by atoms with Gasteiger partial charge in [0.1, 0.15) is 0 Å². The van der Waals surface area contributed by atoms with Crippen molar-refractivity contribution in [2.75, 3.05) is 0 Å². The third-order valence-electron chi connectivity index (χ3n) is 5.88. The molecule has 3 rings (SSSR count). The summed E-state index contributed by atoms with van der Waals surface area (Å²) in [6.07, 6.45) is 6.73. The standard InChI is InChI=1S/C20H27NO4S/c1-2-3-9-17(21-26(24,25)16-7-5-4-6-8-16)18(19(22)23)20-12-10-15(14-20)11-13-20/h4-8,15,21H,2-3,9-14H2,1H3,(H,22,23). The highest BCUT2D eigenvalue weighted by atomic mass is 32.2. The predicted molar refractivity (Wildman–Crippen MR) is 100.0 cm³/mol. The van der Waals surface area contributed by atoms with Crippen LogP contribution in [0.2, 0.25) is 0 Å². The average molecular weight is 378 g/mol. The third kappa shape index (κ3) is 3.65. The molecule has 2 bridgehead atoms. The Bertz CT molecular complexity index is 790. The zero-order valence-electron chi connectivity index (χ0n) is 15.2. The molecule has 0 spiro atoms. The molecule has 0 saturated heterocycles. The van der Waals surface area contributed by atoms with E-state index in [1.54, 1.807) is 18.2 Å². The third-order valence-corrected chi connectivity index (χ3v) is 7.29. The summed E-state index contributed by atoms with van der Waals surface area (Å²) in [7, 11) is -3.79. The molecule has 26 heavy (non-hydrogen) atoms. The lowest BCUT2D eigenvalue weighted by Crippen LogP contribution is -2.32. The molecule has 1 aromatic rings. The second-order valence-electron chi connectivity index (χ2n) is 7.61. The van der Waals surface area contributed by atoms with Crippen LogP contribution in [0.15, 0.2) is 46.5 Å². The second-order valence-corrected chi connectivity index (χ2v) is 9.29. The number of carbonyl (C=O) groups is 1. The fourth-order valence-electron chi connectivity index (χ4n) is 4.62. The molecule has 6 heteroatoms. The van der Waals surface area contributed by atoms with E-state index in [0.29, 0.717) is 23.6 Å². The molecule has 0 radical (unpaired) electrons. The van der Waals surface area contributed by atoms with Gasteiger partial charge in [-0.3, -0.25) is 4.72 Å². The number of benzene rings is 1. The van der Waals surface area contributed by atoms with Crippen LogP contribution >= 0.6 is 0 Å². The highest BCUT2D eigenvalue weighted by Gasteiger charge is 2.50. The van der Waals surface area contributed by atoms with Gasteiger partial charge in [0.05, 0.1) is 10.5 Å². The molecule has 2 fully saturated rings. The van der Waals surface area contributed by atoms with Crippen LogP contribution < -0.4 is 4.72 Å². The summed E-state index contributed by atoms with van der Waals surface area (Å²) in [6.45, 7) is 2.02. The van der Waals surface area contributed by atoms with Gasteiger partial charge in [-0.15, -0.1) is 0 Å². The van der Waals surface area contributed by atoms with Crippen molar-refractivity contribution >= 4 is 16.0 Å². The molecule has 2 aliphatic rings. The lowest BCUT2D eigenvalue weighted by Gasteiger charge is -2.30. The number of fused-ring (bicyclic) bond motifs is 2. The van der Waals surface area contributed by atoms with Crippen LogP contribution in [-0.2, 0) is 14.8 Å². The van der Waals surface area contributed by atoms with Gasteiger partial charge in [-0.2, -0.15) is 0 Å². The highest BCUT2D eigenvalue weighted by molar-refractivity contribution is 7.89. The Hall–Kier alpha value is -1.82. The fraction of sp³-hybridized carbons (Fsp3) is 0.550. The molecule has 1 aromatic carbocycles. The van der Waals surface area contributed by atoms with Crippen molar-refractivity contribution in [2.24, 2.45) is 11.3 Å². The SMILES string of the molecule is CCCCC(NS(=O)(=O)c1ccccc1)=C(C(=O)O)C12CCC(CC1)C2. The van der Waals surface area contributed by atoms with Crippen molar-refractivity contribution in [2.45, 2.75) is 63.2 Å². The van der Waals surface area contributed by atoms with Crippen molar-refractivity contribution in [3.63, 3.8) is 0 Å². The number of allylic oxidation sites excluding steroid dienone is 1. The Kier molecular flexibility index (Phi) is 5.42. The number of carboxylic acid groups (broad SMARTS) is 1. The lowest BCUT2D eigenvalue weighted by atomic mass is 9.75. The largest absolute Gasteiger partial charge is 0.478 e. The number of hydrogen-bond donors (Lipinski definition) is 2. The molecule has 0 unspecified atom stereocenters. The van der Waals surface area contributed by atoms with Crippen LogP contribution in [0, 0.1) is 11.3 Å². The van der Waals surface area contributed by atoms with E-state index < -0.39 is 16.0 Å². The molecule has 2 N–H and O–H groups in total. The molecule has 0 amide bonds. The number of nitrogens with one attached hydrogen (secondary N) is 1. The number of hydrogen-bond acceptors (Lipinski definition) is 3. The molecule has 142 valence electrons. The molecule has 2 aliphatic carbocycles. The Labute approximate surface area is 155 Å². The number of rotatable bonds is 8. The van der Waals surface area contributed by atoms with Crippen LogP contribution in [-0.4, -0.2) is 19.5 Å². The predicted octanol–water partition coefficient (Wildman–Crippen LogP) is 4.07. The Morgan fingerprint density at radius 1 is 1.23 bits per heavy atom. The first-order chi connectivity index (χ1) is 12.4. The van der Waals surface area contributed by atoms with E-state index in [1.807, 2.05) is 6.92 Å². The van der Waals surface area contributed by atoms with Gasteiger partial charge in [-0.1, -0.05) is 31.5 Å². The molecule has 0 aliphatic heterocycles. The van der Waals surface area contributed by atoms with Crippen molar-refractivity contribution < 1.29 is 18.3 Å². The lowest BCUT2D eigenvalue weighted by molar-refractivity contribution is -0.134. The molecule has 5 nitrogen and oxygen atoms in total. The van der Waals surface area contributed by atoms with Crippen LogP contribution in [0.5, 0.6) is 0 Å². The minimum Gasteiger partial charge on any atom is -0.478 e. The van der Waals surface area contributed by atoms with E-state index in [1.165, 1.54) is 12.1 Å². The summed E-state index contributed by atoms with van der Waals surface area (Å²) in [5, 5.41) is 9.99. The van der Waals surface area contributed by atoms with E-state index in [-0.39, 0.29) is 10.3 Å². The van der Waals surface area contributed by atoms with Crippen molar-refractivity contribution in [1.82, 2.24) is 4.72 Å². The molecule has 0 aromatic heterocycles. The number of carboxylic acids is 1. The van der Waals surface area contributed by atoms with Crippen molar-refractivity contribution in [3.8, 4) is 0 Å². The topological polar surface area (TPSA) is 83.5 Å². The molecule has 0 atom stereocenters. The molecule has 2 saturated carbocycles. The van der Waals surface area contributed by atoms with E-state index >= 15 is 0 Å². The van der Waals surface area contributed by atoms with Crippen LogP contribution in [0.4, 0.5) is 0 Å². The fourth-order valence-corrected chi connectivity index (χ4v) is 5.78. The molecular weight excluding hydrogens is 350 g/mol. The monoisotopic (exact) mass is 377 g/mol. The summed E-state index contributed by atoms with van der Waals surface area (Å²) >= 11 is 0. The molecular formula is C20H27NO4S. The maximum atomic E-state index is 12.8. The van der Waals surface area contributed by atoms with Gasteiger partial charge in [0.2, 0.25) is 0 Å². The summed E-state index contributed by atoms with van der Waals surface area (Å²) in [5.74, 6) is -0.392. The summed E-state index contributed by atoms with van der Waals surface area (Å²) in [6, 6.07) is 8.14. The van der Waals surface area contributed by atoms with Crippen LogP contribution in [0.1, 0.15) is 58.3 Å². The van der Waals surface area contributed by atoms with Crippen LogP contribution in [0.25, 0.3) is 0 Å². The first-order valence-electron chi connectivity index (χ1n) is 9.43. The van der Waals surface area contributed by atoms with Gasteiger partial charge >= 0.3 is 5.97 Å². The van der Waals surface area contributed by atoms with Gasteiger partial charge in [-0.25, -0.2) is 13.2 Å². The zero-order chi connectivity index (χ0) is 18.8. The van der Waals surface area contributed by atoms with Gasteiger partial charge < -0.3 is 5.11 Å². The van der Waals surface area contributed by atoms with E-state index in [2.05, 4.69) is 4.72 Å². The Morgan fingerprint density at radius 3 is 2.38 bits per heavy atom. The summed E-state index contributed by atoms with van der Waals surface area (Å²) in [4.78, 5) is 12.4. The van der Waals surface area contributed by atoms with E-state index in [4.69, 9.17) is 0 Å². The first kappa shape index (κ1) is 19.0. The Morgan fingerprint density at radius 2 is 1.88 bits per heavy atom. The normalized spacial score (nSPS) is 25.8.